The van der Waals surface area contributed by atoms with Crippen molar-refractivity contribution in [1.29, 1.82) is 0 Å². The molecule has 0 spiro atoms. The molecule has 0 unspecified atom stereocenters. The molecule has 0 aliphatic heterocycles. The molecule has 1 amide bonds. The Morgan fingerprint density at radius 3 is 2.46 bits per heavy atom. The lowest BCUT2D eigenvalue weighted by Crippen LogP contribution is -2.34. The summed E-state index contributed by atoms with van der Waals surface area (Å²) in [4.78, 5) is 12.1. The molecule has 152 valence electrons. The van der Waals surface area contributed by atoms with E-state index in [9.17, 15) is 22.0 Å². The predicted molar refractivity (Wildman–Crippen MR) is 99.0 cm³/mol. The van der Waals surface area contributed by atoms with E-state index in [-0.39, 0.29) is 35.9 Å². The lowest BCUT2D eigenvalue weighted by molar-refractivity contribution is -0.0512. The Kier molecular flexibility index (Phi) is 7.70. The zero-order chi connectivity index (χ0) is 20.6. The normalized spacial score (nSPS) is 11.3. The fourth-order valence-electron chi connectivity index (χ4n) is 2.27. The summed E-state index contributed by atoms with van der Waals surface area (Å²) in [5.74, 6) is -1.20. The van der Waals surface area contributed by atoms with Gasteiger partial charge in [0.15, 0.2) is 11.5 Å². The smallest absolute Gasteiger partial charge is 0.387 e. The van der Waals surface area contributed by atoms with E-state index in [4.69, 9.17) is 4.74 Å². The number of rotatable bonds is 10. The topological polar surface area (TPSA) is 93.7 Å². The monoisotopic (exact) mass is 414 g/mol. The molecule has 0 aliphatic carbocycles. The van der Waals surface area contributed by atoms with Crippen molar-refractivity contribution in [2.45, 2.75) is 13.2 Å². The van der Waals surface area contributed by atoms with E-state index in [2.05, 4.69) is 14.8 Å². The highest BCUT2D eigenvalue weighted by Gasteiger charge is 2.16. The number of amides is 1. The second-order valence-electron chi connectivity index (χ2n) is 5.63. The Hall–Kier alpha value is -2.72. The summed E-state index contributed by atoms with van der Waals surface area (Å²) in [6, 6.07) is 12.8. The molecule has 28 heavy (non-hydrogen) atoms. The summed E-state index contributed by atoms with van der Waals surface area (Å²) in [7, 11) is -2.32. The van der Waals surface area contributed by atoms with Crippen LogP contribution in [0.5, 0.6) is 11.5 Å². The number of carbonyl (C=O) groups excluding carboxylic acids is 1. The maximum atomic E-state index is 12.4. The number of sulfonamides is 1. The number of ether oxygens (including phenoxy) is 2. The average Bonchev–Trinajstić information content (AvgIpc) is 2.66. The van der Waals surface area contributed by atoms with Crippen LogP contribution in [0.2, 0.25) is 0 Å². The number of carbonyl (C=O) groups is 1. The molecule has 0 aromatic heterocycles. The molecule has 0 atom stereocenters. The summed E-state index contributed by atoms with van der Waals surface area (Å²) >= 11 is 0. The van der Waals surface area contributed by atoms with E-state index in [1.54, 1.807) is 24.3 Å². The predicted octanol–water partition coefficient (Wildman–Crippen LogP) is 2.15. The van der Waals surface area contributed by atoms with Crippen molar-refractivity contribution in [2.24, 2.45) is 0 Å². The van der Waals surface area contributed by atoms with E-state index < -0.39 is 22.5 Å². The van der Waals surface area contributed by atoms with Crippen LogP contribution in [0.3, 0.4) is 0 Å². The third-order valence-corrected chi connectivity index (χ3v) is 4.96. The van der Waals surface area contributed by atoms with E-state index in [0.717, 1.165) is 11.6 Å². The van der Waals surface area contributed by atoms with Crippen molar-refractivity contribution >= 4 is 15.9 Å². The Labute approximate surface area is 161 Å². The number of methoxy groups -OCH3 is 1. The molecule has 0 fully saturated rings. The summed E-state index contributed by atoms with van der Waals surface area (Å²) in [5, 5.41) is 2.43. The molecule has 0 aliphatic rings. The Bertz CT molecular complexity index is 892. The highest BCUT2D eigenvalue weighted by atomic mass is 32.2. The lowest BCUT2D eigenvalue weighted by atomic mass is 10.2. The number of alkyl halides is 2. The molecule has 0 radical (unpaired) electrons. The lowest BCUT2D eigenvalue weighted by Gasteiger charge is -2.12. The van der Waals surface area contributed by atoms with Crippen molar-refractivity contribution in [3.8, 4) is 11.5 Å². The van der Waals surface area contributed by atoms with Crippen LogP contribution in [0.1, 0.15) is 15.9 Å². The van der Waals surface area contributed by atoms with E-state index >= 15 is 0 Å². The van der Waals surface area contributed by atoms with Crippen LogP contribution in [0.4, 0.5) is 8.78 Å². The molecule has 0 saturated carbocycles. The SMILES string of the molecule is COc1ccc(C(=O)NCCS(=O)(=O)NCc2ccccc2)cc1OC(F)F. The second kappa shape index (κ2) is 10.00. The third-order valence-electron chi connectivity index (χ3n) is 3.64. The molecule has 10 heteroatoms. The maximum Gasteiger partial charge on any atom is 0.387 e. The van der Waals surface area contributed by atoms with Crippen LogP contribution < -0.4 is 19.5 Å². The number of nitrogens with one attached hydrogen (secondary N) is 2. The first-order valence-electron chi connectivity index (χ1n) is 8.23. The van der Waals surface area contributed by atoms with Crippen LogP contribution in [0, 0.1) is 0 Å². The molecular weight excluding hydrogens is 394 g/mol. The van der Waals surface area contributed by atoms with Gasteiger partial charge in [-0.3, -0.25) is 4.79 Å². The minimum Gasteiger partial charge on any atom is -0.493 e. The summed E-state index contributed by atoms with van der Waals surface area (Å²) < 4.78 is 60.5. The first kappa shape index (κ1) is 21.6. The fraction of sp³-hybridized carbons (Fsp3) is 0.278. The van der Waals surface area contributed by atoms with Crippen molar-refractivity contribution < 1.29 is 31.5 Å². The molecule has 0 saturated heterocycles. The van der Waals surface area contributed by atoms with Crippen molar-refractivity contribution in [3.05, 3.63) is 59.7 Å². The van der Waals surface area contributed by atoms with E-state index in [1.165, 1.54) is 19.2 Å². The van der Waals surface area contributed by atoms with Crippen LogP contribution in [0.25, 0.3) is 0 Å². The number of hydrogen-bond acceptors (Lipinski definition) is 5. The van der Waals surface area contributed by atoms with Gasteiger partial charge in [-0.25, -0.2) is 13.1 Å². The van der Waals surface area contributed by atoms with Gasteiger partial charge >= 0.3 is 6.61 Å². The van der Waals surface area contributed by atoms with Gasteiger partial charge in [-0.15, -0.1) is 0 Å². The third kappa shape index (κ3) is 6.78. The molecule has 2 rings (SSSR count). The van der Waals surface area contributed by atoms with E-state index in [1.807, 2.05) is 6.07 Å². The molecule has 2 N–H and O–H groups in total. The first-order chi connectivity index (χ1) is 13.3. The average molecular weight is 414 g/mol. The fourth-order valence-corrected chi connectivity index (χ4v) is 3.17. The molecule has 0 bridgehead atoms. The maximum absolute atomic E-state index is 12.4. The Morgan fingerprint density at radius 2 is 1.82 bits per heavy atom. The standard InChI is InChI=1S/C18H20F2N2O5S/c1-26-15-8-7-14(11-16(15)27-18(19)20)17(23)21-9-10-28(24,25)22-12-13-5-3-2-4-6-13/h2-8,11,18,22H,9-10,12H2,1H3,(H,21,23). The van der Waals surface area contributed by atoms with E-state index in [0.29, 0.717) is 0 Å². The Balaban J connectivity index is 1.89. The highest BCUT2D eigenvalue weighted by Crippen LogP contribution is 2.29. The second-order valence-corrected chi connectivity index (χ2v) is 7.55. The number of halogens is 2. The molecule has 2 aromatic carbocycles. The summed E-state index contributed by atoms with van der Waals surface area (Å²) in [5.41, 5.74) is 0.839. The number of hydrogen-bond donors (Lipinski definition) is 2. The number of benzene rings is 2. The van der Waals surface area contributed by atoms with Gasteiger partial charge < -0.3 is 14.8 Å². The zero-order valence-electron chi connectivity index (χ0n) is 15.0. The zero-order valence-corrected chi connectivity index (χ0v) is 15.8. The van der Waals surface area contributed by atoms with Gasteiger partial charge in [0, 0.05) is 18.7 Å². The van der Waals surface area contributed by atoms with Gasteiger partial charge in [0.05, 0.1) is 12.9 Å². The van der Waals surface area contributed by atoms with Gasteiger partial charge in [0.1, 0.15) is 0 Å². The van der Waals surface area contributed by atoms with Gasteiger partial charge in [0.2, 0.25) is 10.0 Å². The van der Waals surface area contributed by atoms with Gasteiger partial charge in [-0.2, -0.15) is 8.78 Å². The highest BCUT2D eigenvalue weighted by molar-refractivity contribution is 7.89. The van der Waals surface area contributed by atoms with Crippen LogP contribution in [-0.2, 0) is 16.6 Å². The molecule has 0 heterocycles. The molecule has 7 nitrogen and oxygen atoms in total. The van der Waals surface area contributed by atoms with Crippen molar-refractivity contribution in [3.63, 3.8) is 0 Å². The van der Waals surface area contributed by atoms with Gasteiger partial charge in [-0.1, -0.05) is 30.3 Å². The first-order valence-corrected chi connectivity index (χ1v) is 9.88. The quantitative estimate of drug-likeness (QED) is 0.621. The Morgan fingerprint density at radius 1 is 1.11 bits per heavy atom. The molecule has 2 aromatic rings. The minimum atomic E-state index is -3.60. The van der Waals surface area contributed by atoms with Crippen molar-refractivity contribution in [1.82, 2.24) is 10.0 Å². The summed E-state index contributed by atoms with van der Waals surface area (Å²) in [6.45, 7) is -3.09. The van der Waals surface area contributed by atoms with Crippen molar-refractivity contribution in [2.75, 3.05) is 19.4 Å². The van der Waals surface area contributed by atoms with Crippen LogP contribution >= 0.6 is 0 Å². The van der Waals surface area contributed by atoms with Gasteiger partial charge in [0.25, 0.3) is 5.91 Å². The largest absolute Gasteiger partial charge is 0.493 e. The van der Waals surface area contributed by atoms with Crippen LogP contribution in [0.15, 0.2) is 48.5 Å². The molecular formula is C18H20F2N2O5S. The van der Waals surface area contributed by atoms with Gasteiger partial charge in [-0.05, 0) is 23.8 Å². The summed E-state index contributed by atoms with van der Waals surface area (Å²) in [6.07, 6.45) is 0. The minimum absolute atomic E-state index is 0.0334. The van der Waals surface area contributed by atoms with Crippen LogP contribution in [-0.4, -0.2) is 40.3 Å².